The van der Waals surface area contributed by atoms with Crippen LogP contribution in [0.4, 0.5) is 0 Å². The molecule has 0 fully saturated rings. The third-order valence-corrected chi connectivity index (χ3v) is 0. The third kappa shape index (κ3) is 8.82. The minimum Gasteiger partial charge on any atom is -0.870 e. The van der Waals surface area contributed by atoms with E-state index >= 15 is 0 Å². The first kappa shape index (κ1) is 30.1. The summed E-state index contributed by atoms with van der Waals surface area (Å²) in [4.78, 5) is 0. The molecule has 0 aromatic rings. The minimum atomic E-state index is 0. The van der Waals surface area contributed by atoms with Gasteiger partial charge in [-0.3, -0.25) is 0 Å². The van der Waals surface area contributed by atoms with Crippen LogP contribution in [0.2, 0.25) is 0 Å². The summed E-state index contributed by atoms with van der Waals surface area (Å²) >= 11 is 0. The van der Waals surface area contributed by atoms with Crippen LogP contribution in [0.3, 0.4) is 0 Å². The molecule has 0 atom stereocenters. The molecule has 0 bridgehead atoms. The Morgan fingerprint density at radius 3 is 0.750 bits per heavy atom. The van der Waals surface area contributed by atoms with Gasteiger partial charge in [0.25, 0.3) is 0 Å². The molecule has 0 saturated heterocycles. The molecule has 1 nitrogen and oxygen atoms in total. The Labute approximate surface area is 89.5 Å². The molecule has 0 heterocycles. The fraction of sp³-hybridized carbons (Fsp3) is 0. The summed E-state index contributed by atoms with van der Waals surface area (Å²) in [5.74, 6) is 0. The second-order valence-corrected chi connectivity index (χ2v) is 0. The molecule has 20 valence electrons. The molecule has 0 aliphatic carbocycles. The predicted octanol–water partition coefficient (Wildman–Crippen LogP) is -3.18. The summed E-state index contributed by atoms with van der Waals surface area (Å²) in [7, 11) is 0. The van der Waals surface area contributed by atoms with Crippen LogP contribution in [0.5, 0.6) is 0 Å². The van der Waals surface area contributed by atoms with Gasteiger partial charge in [-0.05, 0) is 0 Å². The Morgan fingerprint density at radius 2 is 0.750 bits per heavy atom. The molecule has 4 heteroatoms. The Hall–Kier alpha value is 2.66. The van der Waals surface area contributed by atoms with Crippen molar-refractivity contribution in [3.8, 4) is 0 Å². The summed E-state index contributed by atoms with van der Waals surface area (Å²) < 4.78 is 0. The van der Waals surface area contributed by atoms with Gasteiger partial charge < -0.3 is 5.48 Å². The van der Waals surface area contributed by atoms with Crippen molar-refractivity contribution in [1.82, 2.24) is 0 Å². The van der Waals surface area contributed by atoms with Crippen LogP contribution in [0.25, 0.3) is 0 Å². The molecule has 0 aromatic heterocycles. The molecule has 0 aromatic carbocycles. The van der Waals surface area contributed by atoms with E-state index in [4.69, 9.17) is 0 Å². The van der Waals surface area contributed by atoms with Crippen molar-refractivity contribution in [2.24, 2.45) is 0 Å². The third-order valence-electron chi connectivity index (χ3n) is 0. The smallest absolute Gasteiger partial charge is 0.870 e. The van der Waals surface area contributed by atoms with Crippen LogP contribution in [0, 0.1) is 0 Å². The average Bonchev–Trinajstić information content (AvgIpc) is 0. The second-order valence-electron chi connectivity index (χ2n) is 0. The second kappa shape index (κ2) is 17.4. The maximum atomic E-state index is 0. The van der Waals surface area contributed by atoms with Crippen molar-refractivity contribution >= 4 is 0 Å². The van der Waals surface area contributed by atoms with E-state index in [-0.39, 0.29) is 91.6 Å². The van der Waals surface area contributed by atoms with E-state index in [1.807, 2.05) is 0 Å². The van der Waals surface area contributed by atoms with Gasteiger partial charge >= 0.3 is 51.4 Å². The van der Waals surface area contributed by atoms with E-state index < -0.39 is 0 Å². The van der Waals surface area contributed by atoms with Gasteiger partial charge in [-0.25, -0.2) is 0 Å². The number of hydrogen-bond donors (Lipinski definition) is 0. The van der Waals surface area contributed by atoms with Crippen LogP contribution < -0.4 is 51.4 Å². The van der Waals surface area contributed by atoms with E-state index in [1.54, 1.807) is 0 Å². The molecular formula is HCr2KO. The van der Waals surface area contributed by atoms with Gasteiger partial charge in [0, 0.05) is 34.7 Å². The van der Waals surface area contributed by atoms with Crippen molar-refractivity contribution in [1.29, 1.82) is 0 Å². The predicted molar refractivity (Wildman–Crippen MR) is 1.94 cm³/mol. The monoisotopic (exact) mass is 160 g/mol. The van der Waals surface area contributed by atoms with Crippen LogP contribution in [-0.4, -0.2) is 5.48 Å². The summed E-state index contributed by atoms with van der Waals surface area (Å²) in [6.07, 6.45) is 0. The first-order valence-electron chi connectivity index (χ1n) is 0. The van der Waals surface area contributed by atoms with E-state index in [2.05, 4.69) is 0 Å². The van der Waals surface area contributed by atoms with Gasteiger partial charge in [-0.1, -0.05) is 0 Å². The molecule has 0 radical (unpaired) electrons. The van der Waals surface area contributed by atoms with Crippen LogP contribution in [0.1, 0.15) is 0 Å². The first-order valence-corrected chi connectivity index (χ1v) is 0. The van der Waals surface area contributed by atoms with Crippen molar-refractivity contribution in [2.45, 2.75) is 0 Å². The van der Waals surface area contributed by atoms with Crippen LogP contribution in [-0.2, 0) is 34.7 Å². The van der Waals surface area contributed by atoms with Crippen molar-refractivity contribution in [2.75, 3.05) is 0 Å². The zero-order chi connectivity index (χ0) is 0. The quantitative estimate of drug-likeness (QED) is 0.344. The van der Waals surface area contributed by atoms with Gasteiger partial charge in [-0.2, -0.15) is 0 Å². The van der Waals surface area contributed by atoms with E-state index in [0.717, 1.165) is 0 Å². The van der Waals surface area contributed by atoms with E-state index in [1.165, 1.54) is 0 Å². The molecule has 4 heavy (non-hydrogen) atoms. The van der Waals surface area contributed by atoms with Gasteiger partial charge in [0.15, 0.2) is 0 Å². The fourth-order valence-corrected chi connectivity index (χ4v) is 0. The fourth-order valence-electron chi connectivity index (χ4n) is 0. The standard InChI is InChI=1S/2Cr.K.H2O/h;;;1H2/q;;+1;/p-1. The van der Waals surface area contributed by atoms with Crippen molar-refractivity contribution < 1.29 is 91.6 Å². The number of hydrogen-bond acceptors (Lipinski definition) is 1. The Kier molecular flexibility index (Phi) is 131. The summed E-state index contributed by atoms with van der Waals surface area (Å²) in [6, 6.07) is 0. The molecule has 0 aliphatic heterocycles. The molecule has 1 N–H and O–H groups in total. The number of rotatable bonds is 0. The molecular weight excluding hydrogens is 159 g/mol. The SMILES string of the molecule is [Cr].[Cr].[K+].[OH-]. The maximum Gasteiger partial charge on any atom is 1.00 e. The summed E-state index contributed by atoms with van der Waals surface area (Å²) in [5, 5.41) is 0. The van der Waals surface area contributed by atoms with E-state index in [0.29, 0.717) is 0 Å². The van der Waals surface area contributed by atoms with Gasteiger partial charge in [0.05, 0.1) is 0 Å². The Morgan fingerprint density at radius 1 is 0.750 bits per heavy atom. The van der Waals surface area contributed by atoms with Crippen LogP contribution in [0.15, 0.2) is 0 Å². The molecule has 0 spiro atoms. The Bertz CT molecular complexity index is 6.00. The molecule has 0 aliphatic rings. The van der Waals surface area contributed by atoms with Gasteiger partial charge in [0.2, 0.25) is 0 Å². The van der Waals surface area contributed by atoms with Crippen molar-refractivity contribution in [3.05, 3.63) is 0 Å². The van der Waals surface area contributed by atoms with E-state index in [9.17, 15) is 0 Å². The largest absolute Gasteiger partial charge is 1.00 e. The maximum absolute atomic E-state index is 0. The molecule has 0 rings (SSSR count). The van der Waals surface area contributed by atoms with Crippen LogP contribution >= 0.6 is 0 Å². The molecule has 0 saturated carbocycles. The zero-order valence-corrected chi connectivity index (χ0v) is 7.94. The average molecular weight is 160 g/mol. The first-order chi connectivity index (χ1) is 0. The van der Waals surface area contributed by atoms with Gasteiger partial charge in [0.1, 0.15) is 0 Å². The zero-order valence-electron chi connectivity index (χ0n) is 2.26. The Balaban J connectivity index is 0. The summed E-state index contributed by atoms with van der Waals surface area (Å²) in [6.45, 7) is 0. The minimum absolute atomic E-state index is 0. The molecule has 0 unspecified atom stereocenters. The normalized spacial score (nSPS) is 0. The summed E-state index contributed by atoms with van der Waals surface area (Å²) in [5.41, 5.74) is 0. The molecule has 0 amide bonds. The van der Waals surface area contributed by atoms with Crippen molar-refractivity contribution in [3.63, 3.8) is 0 Å². The topological polar surface area (TPSA) is 30.0 Å². The van der Waals surface area contributed by atoms with Gasteiger partial charge in [-0.15, -0.1) is 0 Å².